The Morgan fingerprint density at radius 2 is 2.00 bits per heavy atom. The number of nitriles is 1. The van der Waals surface area contributed by atoms with Crippen molar-refractivity contribution in [1.29, 1.82) is 5.26 Å². The van der Waals surface area contributed by atoms with Crippen molar-refractivity contribution in [3.63, 3.8) is 0 Å². The van der Waals surface area contributed by atoms with E-state index in [1.165, 1.54) is 6.92 Å². The van der Waals surface area contributed by atoms with Crippen LogP contribution < -0.4 is 5.32 Å². The van der Waals surface area contributed by atoms with Crippen LogP contribution in [0.2, 0.25) is 0 Å². The van der Waals surface area contributed by atoms with Crippen LogP contribution in [0, 0.1) is 17.1 Å². The third kappa shape index (κ3) is 4.26. The summed E-state index contributed by atoms with van der Waals surface area (Å²) in [5.74, 6) is -2.23. The molecule has 0 aromatic heterocycles. The van der Waals surface area contributed by atoms with Gasteiger partial charge < -0.3 is 10.2 Å². The van der Waals surface area contributed by atoms with Gasteiger partial charge in [0.05, 0.1) is 5.56 Å². The van der Waals surface area contributed by atoms with Gasteiger partial charge in [-0.25, -0.2) is 4.39 Å². The first kappa shape index (κ1) is 18.7. The van der Waals surface area contributed by atoms with Crippen LogP contribution in [0.3, 0.4) is 0 Å². The maximum atomic E-state index is 13.4. The van der Waals surface area contributed by atoms with Crippen LogP contribution >= 0.6 is 0 Å². The predicted octanol–water partition coefficient (Wildman–Crippen LogP) is 2.37. The van der Waals surface area contributed by atoms with E-state index in [2.05, 4.69) is 5.32 Å². The van der Waals surface area contributed by atoms with Crippen molar-refractivity contribution in [1.82, 2.24) is 10.2 Å². The minimum absolute atomic E-state index is 0.0837. The van der Waals surface area contributed by atoms with E-state index in [9.17, 15) is 27.2 Å². The van der Waals surface area contributed by atoms with Crippen LogP contribution in [0.5, 0.6) is 0 Å². The first-order valence-corrected chi connectivity index (χ1v) is 7.48. The molecule has 9 heteroatoms. The molecule has 1 fully saturated rings. The molecule has 2 atom stereocenters. The highest BCUT2D eigenvalue weighted by molar-refractivity contribution is 5.95. The standard InChI is InChI=1S/C16H15F4N3O2/c1-9(24)22-12-3-5-14(16(18,19)20)23(8-12)15(25)10-2-4-13(17)11(6-10)7-21/h2,4,6,12,14H,3,5,8H2,1H3,(H,22,24)/t12-,14-/m0/s1. The van der Waals surface area contributed by atoms with E-state index >= 15 is 0 Å². The fraction of sp³-hybridized carbons (Fsp3) is 0.438. The summed E-state index contributed by atoms with van der Waals surface area (Å²) in [5, 5.41) is 11.3. The molecular formula is C16H15F4N3O2. The number of hydrogen-bond acceptors (Lipinski definition) is 3. The average Bonchev–Trinajstić information content (AvgIpc) is 2.53. The maximum Gasteiger partial charge on any atom is 0.408 e. The lowest BCUT2D eigenvalue weighted by Gasteiger charge is -2.40. The molecule has 2 rings (SSSR count). The zero-order valence-corrected chi connectivity index (χ0v) is 13.2. The number of nitrogens with one attached hydrogen (secondary N) is 1. The van der Waals surface area contributed by atoms with E-state index in [4.69, 9.17) is 5.26 Å². The highest BCUT2D eigenvalue weighted by atomic mass is 19.4. The van der Waals surface area contributed by atoms with E-state index in [1.54, 1.807) is 6.07 Å². The molecule has 1 aliphatic heterocycles. The van der Waals surface area contributed by atoms with Crippen LogP contribution in [-0.2, 0) is 4.79 Å². The minimum atomic E-state index is -4.63. The summed E-state index contributed by atoms with van der Waals surface area (Å²) in [7, 11) is 0. The largest absolute Gasteiger partial charge is 0.408 e. The third-order valence-corrected chi connectivity index (χ3v) is 3.96. The van der Waals surface area contributed by atoms with E-state index < -0.39 is 41.5 Å². The molecule has 0 bridgehead atoms. The van der Waals surface area contributed by atoms with E-state index in [0.29, 0.717) is 4.90 Å². The lowest BCUT2D eigenvalue weighted by atomic mass is 9.96. The zero-order valence-electron chi connectivity index (χ0n) is 13.2. The van der Waals surface area contributed by atoms with E-state index in [0.717, 1.165) is 18.2 Å². The number of halogens is 4. The van der Waals surface area contributed by atoms with Crippen molar-refractivity contribution >= 4 is 11.8 Å². The SMILES string of the molecule is CC(=O)N[C@H]1CC[C@@H](C(F)(F)F)N(C(=O)c2ccc(F)c(C#N)c2)C1. The quantitative estimate of drug-likeness (QED) is 0.826. The number of likely N-dealkylation sites (tertiary alicyclic amines) is 1. The molecule has 134 valence electrons. The summed E-state index contributed by atoms with van der Waals surface area (Å²) in [6.45, 7) is 0.920. The first-order chi connectivity index (χ1) is 11.6. The fourth-order valence-corrected chi connectivity index (χ4v) is 2.85. The van der Waals surface area contributed by atoms with Crippen molar-refractivity contribution in [3.05, 3.63) is 35.1 Å². The second kappa shape index (κ2) is 7.09. The molecular weight excluding hydrogens is 342 g/mol. The molecule has 1 N–H and O–H groups in total. The number of alkyl halides is 3. The molecule has 0 radical (unpaired) electrons. The fourth-order valence-electron chi connectivity index (χ4n) is 2.85. The molecule has 25 heavy (non-hydrogen) atoms. The van der Waals surface area contributed by atoms with E-state index in [-0.39, 0.29) is 24.9 Å². The van der Waals surface area contributed by atoms with Gasteiger partial charge in [0.15, 0.2) is 0 Å². The van der Waals surface area contributed by atoms with Gasteiger partial charge in [-0.2, -0.15) is 18.4 Å². The maximum absolute atomic E-state index is 13.4. The third-order valence-electron chi connectivity index (χ3n) is 3.96. The van der Waals surface area contributed by atoms with E-state index in [1.807, 2.05) is 0 Å². The lowest BCUT2D eigenvalue weighted by molar-refractivity contribution is -0.184. The molecule has 1 heterocycles. The summed E-state index contributed by atoms with van der Waals surface area (Å²) in [6.07, 6.45) is -4.90. The molecule has 1 saturated heterocycles. The van der Waals surface area contributed by atoms with Crippen LogP contribution in [0.1, 0.15) is 35.7 Å². The monoisotopic (exact) mass is 357 g/mol. The second-order valence-corrected chi connectivity index (χ2v) is 5.80. The van der Waals surface area contributed by atoms with Crippen molar-refractivity contribution in [2.24, 2.45) is 0 Å². The van der Waals surface area contributed by atoms with Gasteiger partial charge in [-0.05, 0) is 31.0 Å². The lowest BCUT2D eigenvalue weighted by Crippen LogP contribution is -2.58. The Hall–Kier alpha value is -2.63. The smallest absolute Gasteiger partial charge is 0.352 e. The molecule has 5 nitrogen and oxygen atoms in total. The Kier molecular flexibility index (Phi) is 5.30. The summed E-state index contributed by atoms with van der Waals surface area (Å²) >= 11 is 0. The molecule has 0 aliphatic carbocycles. The number of benzene rings is 1. The van der Waals surface area contributed by atoms with Crippen LogP contribution in [-0.4, -0.2) is 41.5 Å². The Morgan fingerprint density at radius 3 is 2.56 bits per heavy atom. The summed E-state index contributed by atoms with van der Waals surface area (Å²) < 4.78 is 53.2. The molecule has 0 spiro atoms. The van der Waals surface area contributed by atoms with Crippen LogP contribution in [0.25, 0.3) is 0 Å². The Labute approximate surface area is 141 Å². The minimum Gasteiger partial charge on any atom is -0.352 e. The van der Waals surface area contributed by atoms with Gasteiger partial charge in [-0.15, -0.1) is 0 Å². The molecule has 1 aromatic carbocycles. The number of carbonyl (C=O) groups is 2. The summed E-state index contributed by atoms with van der Waals surface area (Å²) in [4.78, 5) is 24.3. The Balaban J connectivity index is 2.33. The molecule has 1 aliphatic rings. The molecule has 2 amide bonds. The van der Waals surface area contributed by atoms with Gasteiger partial charge in [-0.1, -0.05) is 0 Å². The van der Waals surface area contributed by atoms with Crippen LogP contribution in [0.15, 0.2) is 18.2 Å². The van der Waals surface area contributed by atoms with Crippen molar-refractivity contribution in [2.45, 2.75) is 38.0 Å². The van der Waals surface area contributed by atoms with Crippen molar-refractivity contribution < 1.29 is 27.2 Å². The number of amides is 2. The van der Waals surface area contributed by atoms with Crippen molar-refractivity contribution in [3.8, 4) is 6.07 Å². The number of carbonyl (C=O) groups excluding carboxylic acids is 2. The van der Waals surface area contributed by atoms with Crippen LogP contribution in [0.4, 0.5) is 17.6 Å². The summed E-state index contributed by atoms with van der Waals surface area (Å²) in [5.41, 5.74) is -0.638. The molecule has 0 saturated carbocycles. The number of piperidine rings is 1. The van der Waals surface area contributed by atoms with Gasteiger partial charge in [0, 0.05) is 25.1 Å². The average molecular weight is 357 g/mol. The van der Waals surface area contributed by atoms with Gasteiger partial charge in [0.1, 0.15) is 17.9 Å². The second-order valence-electron chi connectivity index (χ2n) is 5.80. The predicted molar refractivity (Wildman–Crippen MR) is 78.8 cm³/mol. The summed E-state index contributed by atoms with van der Waals surface area (Å²) in [6, 6.07) is 1.77. The number of nitrogens with zero attached hydrogens (tertiary/aromatic N) is 2. The van der Waals surface area contributed by atoms with Gasteiger partial charge in [-0.3, -0.25) is 9.59 Å². The van der Waals surface area contributed by atoms with Crippen molar-refractivity contribution in [2.75, 3.05) is 6.54 Å². The highest BCUT2D eigenvalue weighted by Gasteiger charge is 2.48. The Morgan fingerprint density at radius 1 is 1.32 bits per heavy atom. The zero-order chi connectivity index (χ0) is 18.8. The number of rotatable bonds is 2. The highest BCUT2D eigenvalue weighted by Crippen LogP contribution is 2.33. The normalized spacial score (nSPS) is 20.7. The van der Waals surface area contributed by atoms with Gasteiger partial charge in [0.2, 0.25) is 5.91 Å². The number of hydrogen-bond donors (Lipinski definition) is 1. The topological polar surface area (TPSA) is 73.2 Å². The van der Waals surface area contributed by atoms with Gasteiger partial charge in [0.25, 0.3) is 5.91 Å². The van der Waals surface area contributed by atoms with Gasteiger partial charge >= 0.3 is 6.18 Å². The molecule has 0 unspecified atom stereocenters. The molecule has 1 aromatic rings. The Bertz CT molecular complexity index is 727. The first-order valence-electron chi connectivity index (χ1n) is 7.48.